The van der Waals surface area contributed by atoms with Gasteiger partial charge in [0.05, 0.1) is 0 Å². The highest BCUT2D eigenvalue weighted by molar-refractivity contribution is 9.10. The van der Waals surface area contributed by atoms with Crippen molar-refractivity contribution in [3.63, 3.8) is 0 Å². The Kier molecular flexibility index (Phi) is 2.82. The van der Waals surface area contributed by atoms with Crippen LogP contribution in [-0.4, -0.2) is 17.6 Å². The summed E-state index contributed by atoms with van der Waals surface area (Å²) >= 11 is 3.38. The summed E-state index contributed by atoms with van der Waals surface area (Å²) in [5.74, 6) is 0.812. The predicted octanol–water partition coefficient (Wildman–Crippen LogP) is 3.00. The van der Waals surface area contributed by atoms with Gasteiger partial charge in [-0.3, -0.25) is 0 Å². The molecule has 84 valence electrons. The van der Waals surface area contributed by atoms with Crippen molar-refractivity contribution in [2.24, 2.45) is 5.92 Å². The molecule has 1 aliphatic heterocycles. The van der Waals surface area contributed by atoms with Gasteiger partial charge in [-0.15, -0.1) is 0 Å². The highest BCUT2D eigenvalue weighted by Gasteiger charge is 2.32. The van der Waals surface area contributed by atoms with Crippen LogP contribution >= 0.6 is 15.9 Å². The lowest BCUT2D eigenvalue weighted by atomic mass is 9.89. The number of allylic oxidation sites excluding steroid dienone is 1. The Balaban J connectivity index is 1.87. The smallest absolute Gasteiger partial charge is 0.106 e. The molecule has 1 aliphatic carbocycles. The molecule has 0 aromatic carbocycles. The molecule has 3 heteroatoms. The van der Waals surface area contributed by atoms with E-state index < -0.39 is 0 Å². The summed E-state index contributed by atoms with van der Waals surface area (Å²) in [5, 5.41) is 3.64. The van der Waals surface area contributed by atoms with Crippen molar-refractivity contribution < 1.29 is 0 Å². The molecule has 2 aliphatic rings. The maximum Gasteiger partial charge on any atom is 0.106 e. The molecule has 1 saturated heterocycles. The number of halogens is 1. The van der Waals surface area contributed by atoms with Crippen LogP contribution in [0.2, 0.25) is 0 Å². The van der Waals surface area contributed by atoms with Crippen molar-refractivity contribution in [1.29, 1.82) is 0 Å². The molecule has 0 radical (unpaired) electrons. The molecule has 16 heavy (non-hydrogen) atoms. The Morgan fingerprint density at radius 1 is 1.38 bits per heavy atom. The third kappa shape index (κ3) is 1.82. The third-order valence-electron chi connectivity index (χ3n) is 3.62. The molecule has 2 nitrogen and oxygen atoms in total. The lowest BCUT2D eigenvalue weighted by Crippen LogP contribution is -2.39. The molecule has 0 amide bonds. The fraction of sp³-hybridized carbons (Fsp3) is 0.462. The quantitative estimate of drug-likeness (QED) is 0.799. The van der Waals surface area contributed by atoms with Crippen molar-refractivity contribution in [1.82, 2.24) is 10.3 Å². The molecule has 2 heterocycles. The van der Waals surface area contributed by atoms with E-state index in [0.717, 1.165) is 17.1 Å². The predicted molar refractivity (Wildman–Crippen MR) is 69.0 cm³/mol. The van der Waals surface area contributed by atoms with Crippen LogP contribution in [0.3, 0.4) is 0 Å². The summed E-state index contributed by atoms with van der Waals surface area (Å²) in [6, 6.07) is 4.74. The topological polar surface area (TPSA) is 24.9 Å². The fourth-order valence-corrected chi connectivity index (χ4v) is 3.06. The van der Waals surface area contributed by atoms with Crippen LogP contribution in [0.1, 0.15) is 24.8 Å². The van der Waals surface area contributed by atoms with E-state index in [1.807, 2.05) is 12.3 Å². The Morgan fingerprint density at radius 2 is 2.31 bits per heavy atom. The second-order valence-corrected chi connectivity index (χ2v) is 5.41. The van der Waals surface area contributed by atoms with Crippen LogP contribution in [0.25, 0.3) is 5.57 Å². The summed E-state index contributed by atoms with van der Waals surface area (Å²) in [5.41, 5.74) is 2.72. The molecule has 0 spiro atoms. The molecule has 2 unspecified atom stereocenters. The average molecular weight is 279 g/mol. The lowest BCUT2D eigenvalue weighted by molar-refractivity contribution is 0.346. The van der Waals surface area contributed by atoms with E-state index in [1.165, 1.54) is 30.4 Å². The molecular formula is C13H15BrN2. The summed E-state index contributed by atoms with van der Waals surface area (Å²) in [6.07, 6.45) is 8.26. The zero-order valence-corrected chi connectivity index (χ0v) is 10.7. The first-order valence-corrected chi connectivity index (χ1v) is 6.69. The van der Waals surface area contributed by atoms with Gasteiger partial charge in [0.25, 0.3) is 0 Å². The minimum Gasteiger partial charge on any atom is -0.310 e. The number of pyridine rings is 1. The molecule has 3 rings (SSSR count). The number of nitrogens with one attached hydrogen (secondary N) is 1. The second kappa shape index (κ2) is 4.30. The SMILES string of the molecule is Brc1ccc(C2=CCC3CCCNC23)cn1. The number of hydrogen-bond donors (Lipinski definition) is 1. The highest BCUT2D eigenvalue weighted by Crippen LogP contribution is 2.36. The standard InChI is InChI=1S/C13H15BrN2/c14-12-6-4-10(8-16-12)11-5-3-9-2-1-7-15-13(9)11/h4-6,8-9,13,15H,1-3,7H2. The van der Waals surface area contributed by atoms with Gasteiger partial charge < -0.3 is 5.32 Å². The number of hydrogen-bond acceptors (Lipinski definition) is 2. The number of piperidine rings is 1. The van der Waals surface area contributed by atoms with Gasteiger partial charge >= 0.3 is 0 Å². The molecule has 1 N–H and O–H groups in total. The van der Waals surface area contributed by atoms with Crippen LogP contribution in [-0.2, 0) is 0 Å². The first kappa shape index (κ1) is 10.5. The van der Waals surface area contributed by atoms with Gasteiger partial charge in [0.15, 0.2) is 0 Å². The maximum atomic E-state index is 4.31. The summed E-state index contributed by atoms with van der Waals surface area (Å²) < 4.78 is 0.906. The maximum absolute atomic E-state index is 4.31. The lowest BCUT2D eigenvalue weighted by Gasteiger charge is -2.29. The molecule has 0 bridgehead atoms. The highest BCUT2D eigenvalue weighted by atomic mass is 79.9. The molecule has 2 atom stereocenters. The minimum atomic E-state index is 0.566. The average Bonchev–Trinajstić information content (AvgIpc) is 2.74. The zero-order valence-electron chi connectivity index (χ0n) is 9.12. The van der Waals surface area contributed by atoms with Crippen LogP contribution in [0.15, 0.2) is 29.0 Å². The Labute approximate surface area is 104 Å². The molecule has 1 fully saturated rings. The van der Waals surface area contributed by atoms with Crippen molar-refractivity contribution in [2.75, 3.05) is 6.54 Å². The van der Waals surface area contributed by atoms with Crippen molar-refractivity contribution in [3.05, 3.63) is 34.6 Å². The number of rotatable bonds is 1. The van der Waals surface area contributed by atoms with Gasteiger partial charge in [-0.25, -0.2) is 4.98 Å². The number of nitrogens with zero attached hydrogens (tertiary/aromatic N) is 1. The van der Waals surface area contributed by atoms with Crippen LogP contribution < -0.4 is 5.32 Å². The first-order chi connectivity index (χ1) is 7.84. The molecular weight excluding hydrogens is 264 g/mol. The summed E-state index contributed by atoms with van der Waals surface area (Å²) in [6.45, 7) is 1.16. The van der Waals surface area contributed by atoms with Gasteiger partial charge in [0, 0.05) is 12.2 Å². The summed E-state index contributed by atoms with van der Waals surface area (Å²) in [4.78, 5) is 4.31. The Hall–Kier alpha value is -0.670. The summed E-state index contributed by atoms with van der Waals surface area (Å²) in [7, 11) is 0. The van der Waals surface area contributed by atoms with Crippen molar-refractivity contribution >= 4 is 21.5 Å². The molecule has 1 aromatic heterocycles. The van der Waals surface area contributed by atoms with E-state index >= 15 is 0 Å². The number of aromatic nitrogens is 1. The molecule has 0 saturated carbocycles. The van der Waals surface area contributed by atoms with E-state index in [4.69, 9.17) is 0 Å². The van der Waals surface area contributed by atoms with E-state index in [1.54, 1.807) is 0 Å². The fourth-order valence-electron chi connectivity index (χ4n) is 2.82. The van der Waals surface area contributed by atoms with Gasteiger partial charge in [-0.2, -0.15) is 0 Å². The van der Waals surface area contributed by atoms with Gasteiger partial charge in [0.2, 0.25) is 0 Å². The van der Waals surface area contributed by atoms with Crippen LogP contribution in [0.5, 0.6) is 0 Å². The second-order valence-electron chi connectivity index (χ2n) is 4.60. The van der Waals surface area contributed by atoms with E-state index in [-0.39, 0.29) is 0 Å². The van der Waals surface area contributed by atoms with Crippen LogP contribution in [0.4, 0.5) is 0 Å². The Morgan fingerprint density at radius 3 is 3.12 bits per heavy atom. The van der Waals surface area contributed by atoms with E-state index in [0.29, 0.717) is 6.04 Å². The van der Waals surface area contributed by atoms with Crippen LogP contribution in [0, 0.1) is 5.92 Å². The van der Waals surface area contributed by atoms with Crippen molar-refractivity contribution in [2.45, 2.75) is 25.3 Å². The first-order valence-electron chi connectivity index (χ1n) is 5.90. The van der Waals surface area contributed by atoms with Gasteiger partial charge in [-0.05, 0) is 64.9 Å². The normalized spacial score (nSPS) is 28.7. The van der Waals surface area contributed by atoms with E-state index in [9.17, 15) is 0 Å². The van der Waals surface area contributed by atoms with E-state index in [2.05, 4.69) is 38.4 Å². The molecule has 1 aromatic rings. The van der Waals surface area contributed by atoms with Gasteiger partial charge in [0.1, 0.15) is 4.60 Å². The third-order valence-corrected chi connectivity index (χ3v) is 4.09. The zero-order chi connectivity index (χ0) is 11.0. The van der Waals surface area contributed by atoms with Gasteiger partial charge in [-0.1, -0.05) is 12.1 Å². The monoisotopic (exact) mass is 278 g/mol. The Bertz CT molecular complexity index is 410. The largest absolute Gasteiger partial charge is 0.310 e. The number of fused-ring (bicyclic) bond motifs is 1. The van der Waals surface area contributed by atoms with Crippen molar-refractivity contribution in [3.8, 4) is 0 Å². The minimum absolute atomic E-state index is 0.566.